The predicted octanol–water partition coefficient (Wildman–Crippen LogP) is 2.40. The van der Waals surface area contributed by atoms with E-state index in [1.54, 1.807) is 11.8 Å². The summed E-state index contributed by atoms with van der Waals surface area (Å²) in [7, 11) is 0. The van der Waals surface area contributed by atoms with Crippen LogP contribution in [-0.4, -0.2) is 39.8 Å². The Balaban J connectivity index is 2.04. The zero-order valence-corrected chi connectivity index (χ0v) is 11.8. The smallest absolute Gasteiger partial charge is 0.410 e. The van der Waals surface area contributed by atoms with Crippen molar-refractivity contribution in [3.8, 4) is 0 Å². The Morgan fingerprint density at radius 2 is 2.21 bits per heavy atom. The monoisotopic (exact) mass is 265 g/mol. The molecule has 1 aliphatic heterocycles. The first-order valence-electron chi connectivity index (χ1n) is 6.33. The van der Waals surface area contributed by atoms with E-state index < -0.39 is 5.60 Å². The number of carbonyl (C=O) groups is 1. The summed E-state index contributed by atoms with van der Waals surface area (Å²) in [5.41, 5.74) is 0.386. The van der Waals surface area contributed by atoms with E-state index in [4.69, 9.17) is 9.26 Å². The van der Waals surface area contributed by atoms with E-state index in [0.717, 1.165) is 12.0 Å². The SMILES string of the molecule is Cc1noc(C2=CCCN(C(=O)OC(C)(C)C)C2)n1. The van der Waals surface area contributed by atoms with Crippen molar-refractivity contribution < 1.29 is 14.1 Å². The van der Waals surface area contributed by atoms with Crippen molar-refractivity contribution in [1.82, 2.24) is 15.0 Å². The van der Waals surface area contributed by atoms with Crippen molar-refractivity contribution in [3.63, 3.8) is 0 Å². The fraction of sp³-hybridized carbons (Fsp3) is 0.615. The van der Waals surface area contributed by atoms with E-state index in [0.29, 0.717) is 24.8 Å². The molecule has 0 unspecified atom stereocenters. The number of carbonyl (C=O) groups excluding carboxylic acids is 1. The first-order chi connectivity index (χ1) is 8.85. The van der Waals surface area contributed by atoms with Crippen LogP contribution in [0, 0.1) is 6.92 Å². The highest BCUT2D eigenvalue weighted by atomic mass is 16.6. The maximum Gasteiger partial charge on any atom is 0.410 e. The minimum Gasteiger partial charge on any atom is -0.444 e. The Labute approximate surface area is 112 Å². The van der Waals surface area contributed by atoms with Crippen LogP contribution in [0.2, 0.25) is 0 Å². The molecule has 1 aliphatic rings. The van der Waals surface area contributed by atoms with Gasteiger partial charge in [0.25, 0.3) is 5.89 Å². The molecule has 1 aromatic heterocycles. The summed E-state index contributed by atoms with van der Waals surface area (Å²) in [6, 6.07) is 0. The van der Waals surface area contributed by atoms with Crippen LogP contribution >= 0.6 is 0 Å². The molecule has 0 atom stereocenters. The van der Waals surface area contributed by atoms with Crippen LogP contribution in [0.15, 0.2) is 10.6 Å². The van der Waals surface area contributed by atoms with Gasteiger partial charge >= 0.3 is 6.09 Å². The maximum atomic E-state index is 12.0. The molecule has 6 nitrogen and oxygen atoms in total. The third-order valence-electron chi connectivity index (χ3n) is 2.60. The van der Waals surface area contributed by atoms with Gasteiger partial charge < -0.3 is 14.2 Å². The number of rotatable bonds is 1. The molecule has 19 heavy (non-hydrogen) atoms. The first-order valence-corrected chi connectivity index (χ1v) is 6.33. The van der Waals surface area contributed by atoms with Gasteiger partial charge in [-0.3, -0.25) is 0 Å². The summed E-state index contributed by atoms with van der Waals surface area (Å²) in [6.45, 7) is 8.41. The van der Waals surface area contributed by atoms with Crippen LogP contribution in [0.5, 0.6) is 0 Å². The van der Waals surface area contributed by atoms with Gasteiger partial charge in [-0.2, -0.15) is 4.98 Å². The van der Waals surface area contributed by atoms with Gasteiger partial charge in [-0.1, -0.05) is 11.2 Å². The second-order valence-electron chi connectivity index (χ2n) is 5.57. The molecule has 0 fully saturated rings. The largest absolute Gasteiger partial charge is 0.444 e. The van der Waals surface area contributed by atoms with Crippen molar-refractivity contribution in [2.75, 3.05) is 13.1 Å². The molecular weight excluding hydrogens is 246 g/mol. The lowest BCUT2D eigenvalue weighted by molar-refractivity contribution is 0.0272. The minimum absolute atomic E-state index is 0.311. The number of amides is 1. The molecule has 0 radical (unpaired) electrons. The van der Waals surface area contributed by atoms with Crippen LogP contribution < -0.4 is 0 Å². The number of ether oxygens (including phenoxy) is 1. The van der Waals surface area contributed by atoms with E-state index >= 15 is 0 Å². The Morgan fingerprint density at radius 1 is 1.47 bits per heavy atom. The average molecular weight is 265 g/mol. The van der Waals surface area contributed by atoms with Crippen molar-refractivity contribution in [1.29, 1.82) is 0 Å². The number of hydrogen-bond donors (Lipinski definition) is 0. The number of aryl methyl sites for hydroxylation is 1. The Bertz CT molecular complexity index is 499. The lowest BCUT2D eigenvalue weighted by Gasteiger charge is -2.29. The van der Waals surface area contributed by atoms with Crippen LogP contribution in [0.1, 0.15) is 38.9 Å². The lowest BCUT2D eigenvalue weighted by atomic mass is 10.1. The summed E-state index contributed by atoms with van der Waals surface area (Å²) in [5.74, 6) is 1.07. The van der Waals surface area contributed by atoms with Gasteiger partial charge in [-0.15, -0.1) is 0 Å². The molecule has 0 saturated carbocycles. The number of hydrogen-bond acceptors (Lipinski definition) is 5. The van der Waals surface area contributed by atoms with Crippen LogP contribution in [0.25, 0.3) is 5.57 Å². The summed E-state index contributed by atoms with van der Waals surface area (Å²) >= 11 is 0. The van der Waals surface area contributed by atoms with Crippen molar-refractivity contribution in [2.24, 2.45) is 0 Å². The van der Waals surface area contributed by atoms with Gasteiger partial charge in [0, 0.05) is 12.1 Å². The molecule has 2 rings (SSSR count). The fourth-order valence-electron chi connectivity index (χ4n) is 1.81. The topological polar surface area (TPSA) is 68.5 Å². The van der Waals surface area contributed by atoms with E-state index in [1.165, 1.54) is 0 Å². The predicted molar refractivity (Wildman–Crippen MR) is 69.4 cm³/mol. The second-order valence-corrected chi connectivity index (χ2v) is 5.57. The third kappa shape index (κ3) is 3.56. The average Bonchev–Trinajstić information content (AvgIpc) is 2.74. The normalized spacial score (nSPS) is 16.2. The molecule has 1 aromatic rings. The highest BCUT2D eigenvalue weighted by Crippen LogP contribution is 2.21. The molecule has 0 spiro atoms. The Morgan fingerprint density at radius 3 is 2.79 bits per heavy atom. The van der Waals surface area contributed by atoms with E-state index in [1.807, 2.05) is 26.8 Å². The summed E-state index contributed by atoms with van der Waals surface area (Å²) < 4.78 is 10.5. The van der Waals surface area contributed by atoms with Crippen LogP contribution in [-0.2, 0) is 4.74 Å². The van der Waals surface area contributed by atoms with Gasteiger partial charge in [0.2, 0.25) is 0 Å². The molecule has 104 valence electrons. The van der Waals surface area contributed by atoms with Crippen molar-refractivity contribution >= 4 is 11.7 Å². The highest BCUT2D eigenvalue weighted by Gasteiger charge is 2.26. The quantitative estimate of drug-likeness (QED) is 0.780. The molecule has 1 amide bonds. The third-order valence-corrected chi connectivity index (χ3v) is 2.60. The fourth-order valence-corrected chi connectivity index (χ4v) is 1.81. The van der Waals surface area contributed by atoms with Gasteiger partial charge in [-0.25, -0.2) is 4.79 Å². The standard InChI is InChI=1S/C13H19N3O3/c1-9-14-11(19-15-9)10-6-5-7-16(8-10)12(17)18-13(2,3)4/h6H,5,7-8H2,1-4H3. The molecule has 6 heteroatoms. The number of aromatic nitrogens is 2. The Hall–Kier alpha value is -1.85. The molecule has 0 N–H and O–H groups in total. The first kappa shape index (κ1) is 13.6. The molecule has 0 saturated heterocycles. The zero-order chi connectivity index (χ0) is 14.0. The van der Waals surface area contributed by atoms with E-state index in [2.05, 4.69) is 10.1 Å². The molecule has 2 heterocycles. The lowest BCUT2D eigenvalue weighted by Crippen LogP contribution is -2.39. The van der Waals surface area contributed by atoms with E-state index in [9.17, 15) is 4.79 Å². The van der Waals surface area contributed by atoms with E-state index in [-0.39, 0.29) is 6.09 Å². The summed E-state index contributed by atoms with van der Waals surface area (Å²) in [6.07, 6.45) is 2.47. The zero-order valence-electron chi connectivity index (χ0n) is 11.8. The van der Waals surface area contributed by atoms with Crippen molar-refractivity contribution in [3.05, 3.63) is 17.8 Å². The second kappa shape index (κ2) is 5.03. The van der Waals surface area contributed by atoms with Gasteiger partial charge in [0.15, 0.2) is 5.82 Å². The minimum atomic E-state index is -0.487. The van der Waals surface area contributed by atoms with Crippen LogP contribution in [0.4, 0.5) is 4.79 Å². The van der Waals surface area contributed by atoms with Gasteiger partial charge in [0.1, 0.15) is 5.60 Å². The van der Waals surface area contributed by atoms with Gasteiger partial charge in [-0.05, 0) is 34.1 Å². The van der Waals surface area contributed by atoms with Crippen molar-refractivity contribution in [2.45, 2.75) is 39.7 Å². The molecule has 0 bridgehead atoms. The highest BCUT2D eigenvalue weighted by molar-refractivity contribution is 5.73. The molecule has 0 aliphatic carbocycles. The summed E-state index contributed by atoms with van der Waals surface area (Å²) in [4.78, 5) is 17.8. The number of nitrogens with zero attached hydrogens (tertiary/aromatic N) is 3. The van der Waals surface area contributed by atoms with Gasteiger partial charge in [0.05, 0.1) is 6.54 Å². The molecule has 0 aromatic carbocycles. The maximum absolute atomic E-state index is 12.0. The molecular formula is C13H19N3O3. The van der Waals surface area contributed by atoms with Crippen LogP contribution in [0.3, 0.4) is 0 Å². The Kier molecular flexibility index (Phi) is 3.59. The summed E-state index contributed by atoms with van der Waals surface area (Å²) in [5, 5.41) is 3.76.